The van der Waals surface area contributed by atoms with Crippen LogP contribution in [0, 0.1) is 5.92 Å². The van der Waals surface area contributed by atoms with Crippen LogP contribution in [-0.4, -0.2) is 0 Å². The van der Waals surface area contributed by atoms with E-state index in [2.05, 4.69) is 158 Å². The zero-order chi connectivity index (χ0) is 27.3. The molecule has 0 amide bonds. The molecule has 38 heavy (non-hydrogen) atoms. The molecule has 4 rings (SSSR count). The summed E-state index contributed by atoms with van der Waals surface area (Å²) in [6, 6.07) is 41.6. The second kappa shape index (κ2) is 12.0. The van der Waals surface area contributed by atoms with Crippen LogP contribution in [0.15, 0.2) is 109 Å². The minimum atomic E-state index is -0.628. The van der Waals surface area contributed by atoms with Gasteiger partial charge in [0.25, 0.3) is 0 Å². The van der Waals surface area contributed by atoms with E-state index >= 15 is 0 Å². The Bertz CT molecular complexity index is 1200. The number of rotatable bonds is 8. The quantitative estimate of drug-likeness (QED) is 0.203. The van der Waals surface area contributed by atoms with Crippen molar-refractivity contribution in [2.45, 2.75) is 77.8 Å². The average Bonchev–Trinajstić information content (AvgIpc) is 2.91. The van der Waals surface area contributed by atoms with Crippen molar-refractivity contribution in [3.8, 4) is 0 Å². The number of hydrogen-bond donors (Lipinski definition) is 0. The van der Waals surface area contributed by atoms with E-state index in [0.29, 0.717) is 11.6 Å². The second-order valence-electron chi connectivity index (χ2n) is 12.7. The fourth-order valence-corrected chi connectivity index (χ4v) is 8.48. The Labute approximate surface area is 233 Å². The smallest absolute Gasteiger partial charge is 0.0153 e. The van der Waals surface area contributed by atoms with Gasteiger partial charge in [-0.05, 0) is 64.0 Å². The van der Waals surface area contributed by atoms with Gasteiger partial charge in [0.1, 0.15) is 0 Å². The molecule has 2 atom stereocenters. The molecule has 1 heteroatoms. The first kappa shape index (κ1) is 28.3. The van der Waals surface area contributed by atoms with Crippen molar-refractivity contribution < 1.29 is 0 Å². The minimum Gasteiger partial charge on any atom is -0.0651 e. The van der Waals surface area contributed by atoms with E-state index in [1.54, 1.807) is 0 Å². The van der Waals surface area contributed by atoms with Gasteiger partial charge in [0.05, 0.1) is 0 Å². The van der Waals surface area contributed by atoms with Gasteiger partial charge in [0.15, 0.2) is 0 Å². The summed E-state index contributed by atoms with van der Waals surface area (Å²) in [7, 11) is -0.628. The van der Waals surface area contributed by atoms with Gasteiger partial charge in [-0.2, -0.15) is 0 Å². The molecular formula is C37H45P. The maximum atomic E-state index is 2.43. The maximum absolute atomic E-state index is 2.43. The number of hydrogen-bond acceptors (Lipinski definition) is 0. The van der Waals surface area contributed by atoms with Crippen LogP contribution in [0.1, 0.15) is 82.8 Å². The molecule has 0 fully saturated rings. The molecule has 0 spiro atoms. The lowest BCUT2D eigenvalue weighted by atomic mass is 9.87. The molecule has 0 bridgehead atoms. The fraction of sp³-hybridized carbons (Fsp3) is 0.351. The minimum absolute atomic E-state index is 0.147. The van der Waals surface area contributed by atoms with Crippen LogP contribution in [-0.2, 0) is 17.3 Å². The molecule has 0 N–H and O–H groups in total. The van der Waals surface area contributed by atoms with Crippen molar-refractivity contribution in [3.05, 3.63) is 131 Å². The van der Waals surface area contributed by atoms with Gasteiger partial charge in [-0.15, -0.1) is 0 Å². The molecule has 0 saturated heterocycles. The van der Waals surface area contributed by atoms with Crippen LogP contribution in [0.25, 0.3) is 0 Å². The molecule has 0 nitrogen and oxygen atoms in total. The highest BCUT2D eigenvalue weighted by Gasteiger charge is 2.33. The monoisotopic (exact) mass is 520 g/mol. The Morgan fingerprint density at radius 3 is 1.37 bits per heavy atom. The molecular weight excluding hydrogens is 475 g/mol. The van der Waals surface area contributed by atoms with E-state index in [9.17, 15) is 0 Å². The van der Waals surface area contributed by atoms with E-state index in [-0.39, 0.29) is 10.8 Å². The molecule has 0 aliphatic heterocycles. The molecule has 0 saturated carbocycles. The standard InChI is InChI=1S/C37H45P/c1-8-29(27-28-15-11-9-12-16-28)35(30-17-13-10-14-18-30)38(33-23-19-31(20-24-33)36(2,3)4)34-25-21-32(22-26-34)37(5,6)7/h9-26,29,35H,8,27H2,1-7H3. The Morgan fingerprint density at radius 1 is 0.553 bits per heavy atom. The molecule has 198 valence electrons. The lowest BCUT2D eigenvalue weighted by molar-refractivity contribution is 0.491. The van der Waals surface area contributed by atoms with Gasteiger partial charge in [-0.3, -0.25) is 0 Å². The van der Waals surface area contributed by atoms with Gasteiger partial charge in [0.2, 0.25) is 0 Å². The van der Waals surface area contributed by atoms with Crippen LogP contribution < -0.4 is 10.6 Å². The van der Waals surface area contributed by atoms with E-state index in [0.717, 1.165) is 12.8 Å². The Hall–Kier alpha value is -2.69. The largest absolute Gasteiger partial charge is 0.0651 e. The molecule has 4 aromatic carbocycles. The summed E-state index contributed by atoms with van der Waals surface area (Å²) in [6.45, 7) is 16.2. The summed E-state index contributed by atoms with van der Waals surface area (Å²) in [6.07, 6.45) is 2.24. The summed E-state index contributed by atoms with van der Waals surface area (Å²) in [5.41, 5.74) is 6.40. The first-order valence-corrected chi connectivity index (χ1v) is 15.6. The normalized spacial score (nSPS) is 13.9. The van der Waals surface area contributed by atoms with Gasteiger partial charge in [-0.1, -0.05) is 164 Å². The SMILES string of the molecule is CCC(Cc1ccccc1)C(c1ccccc1)P(c1ccc(C(C)(C)C)cc1)c1ccc(C(C)(C)C)cc1. The molecule has 0 radical (unpaired) electrons. The van der Waals surface area contributed by atoms with Crippen molar-refractivity contribution in [1.29, 1.82) is 0 Å². The highest BCUT2D eigenvalue weighted by Crippen LogP contribution is 2.55. The number of benzene rings is 4. The summed E-state index contributed by atoms with van der Waals surface area (Å²) >= 11 is 0. The van der Waals surface area contributed by atoms with Gasteiger partial charge in [-0.25, -0.2) is 0 Å². The predicted molar refractivity (Wildman–Crippen MR) is 170 cm³/mol. The molecule has 2 unspecified atom stereocenters. The van der Waals surface area contributed by atoms with Crippen molar-refractivity contribution in [2.24, 2.45) is 5.92 Å². The third-order valence-electron chi connectivity index (χ3n) is 7.75. The third kappa shape index (κ3) is 6.84. The first-order chi connectivity index (χ1) is 18.1. The van der Waals surface area contributed by atoms with Crippen molar-refractivity contribution in [2.75, 3.05) is 0 Å². The highest BCUT2D eigenvalue weighted by atomic mass is 31.1. The van der Waals surface area contributed by atoms with Crippen LogP contribution in [0.5, 0.6) is 0 Å². The van der Waals surface area contributed by atoms with E-state index in [1.165, 1.54) is 32.9 Å². The third-order valence-corrected chi connectivity index (χ3v) is 10.7. The summed E-state index contributed by atoms with van der Waals surface area (Å²) in [5, 5.41) is 2.94. The lowest BCUT2D eigenvalue weighted by Crippen LogP contribution is -2.25. The summed E-state index contributed by atoms with van der Waals surface area (Å²) in [4.78, 5) is 0. The van der Waals surface area contributed by atoms with Crippen molar-refractivity contribution >= 4 is 18.5 Å². The van der Waals surface area contributed by atoms with E-state index in [4.69, 9.17) is 0 Å². The highest BCUT2D eigenvalue weighted by molar-refractivity contribution is 7.73. The summed E-state index contributed by atoms with van der Waals surface area (Å²) < 4.78 is 0. The van der Waals surface area contributed by atoms with E-state index < -0.39 is 7.92 Å². The molecule has 0 aliphatic rings. The summed E-state index contributed by atoms with van der Waals surface area (Å²) in [5.74, 6) is 0.537. The first-order valence-electron chi connectivity index (χ1n) is 14.2. The lowest BCUT2D eigenvalue weighted by Gasteiger charge is -2.36. The fourth-order valence-electron chi connectivity index (χ4n) is 5.39. The van der Waals surface area contributed by atoms with Gasteiger partial charge >= 0.3 is 0 Å². The Morgan fingerprint density at radius 2 is 0.974 bits per heavy atom. The van der Waals surface area contributed by atoms with Crippen LogP contribution >= 0.6 is 7.92 Å². The maximum Gasteiger partial charge on any atom is 0.0153 e. The predicted octanol–water partition coefficient (Wildman–Crippen LogP) is 9.72. The Kier molecular flexibility index (Phi) is 8.95. The molecule has 4 aromatic rings. The topological polar surface area (TPSA) is 0 Å². The van der Waals surface area contributed by atoms with Crippen LogP contribution in [0.2, 0.25) is 0 Å². The van der Waals surface area contributed by atoms with Gasteiger partial charge in [0, 0.05) is 5.66 Å². The van der Waals surface area contributed by atoms with Crippen LogP contribution in [0.4, 0.5) is 0 Å². The molecule has 0 aromatic heterocycles. The second-order valence-corrected chi connectivity index (χ2v) is 15.0. The Balaban J connectivity index is 1.88. The zero-order valence-electron chi connectivity index (χ0n) is 24.4. The average molecular weight is 521 g/mol. The van der Waals surface area contributed by atoms with Crippen LogP contribution in [0.3, 0.4) is 0 Å². The van der Waals surface area contributed by atoms with E-state index in [1.807, 2.05) is 0 Å². The van der Waals surface area contributed by atoms with Crippen molar-refractivity contribution in [1.82, 2.24) is 0 Å². The molecule has 0 aliphatic carbocycles. The van der Waals surface area contributed by atoms with Crippen molar-refractivity contribution in [3.63, 3.8) is 0 Å². The molecule has 0 heterocycles. The van der Waals surface area contributed by atoms with Gasteiger partial charge < -0.3 is 0 Å². The zero-order valence-corrected chi connectivity index (χ0v) is 25.3.